The Morgan fingerprint density at radius 2 is 1.64 bits per heavy atom. The van der Waals surface area contributed by atoms with Crippen molar-refractivity contribution in [2.24, 2.45) is 5.92 Å². The number of piperazine rings is 1. The van der Waals surface area contributed by atoms with Crippen LogP contribution in [0.15, 0.2) is 0 Å². The van der Waals surface area contributed by atoms with E-state index in [4.69, 9.17) is 0 Å². The molecule has 0 bridgehead atoms. The van der Waals surface area contributed by atoms with Gasteiger partial charge in [0.05, 0.1) is 5.25 Å². The lowest BCUT2D eigenvalue weighted by molar-refractivity contribution is 0.125. The van der Waals surface area contributed by atoms with Crippen LogP contribution in [0.2, 0.25) is 0 Å². The van der Waals surface area contributed by atoms with Gasteiger partial charge in [-0.2, -0.15) is 0 Å². The summed E-state index contributed by atoms with van der Waals surface area (Å²) in [4.78, 5) is 4.93. The fraction of sp³-hybridized carbons (Fsp3) is 1.00. The number of hydrogen-bond acceptors (Lipinski definition) is 4. The first kappa shape index (κ1) is 18.2. The van der Waals surface area contributed by atoms with E-state index in [1.54, 1.807) is 0 Å². The Labute approximate surface area is 136 Å². The fourth-order valence-electron chi connectivity index (χ4n) is 3.55. The zero-order valence-corrected chi connectivity index (χ0v) is 15.1. The van der Waals surface area contributed by atoms with E-state index in [0.717, 1.165) is 65.0 Å². The van der Waals surface area contributed by atoms with E-state index < -0.39 is 10.0 Å². The monoisotopic (exact) mass is 331 g/mol. The van der Waals surface area contributed by atoms with Gasteiger partial charge in [0.15, 0.2) is 0 Å². The highest BCUT2D eigenvalue weighted by molar-refractivity contribution is 7.90. The van der Waals surface area contributed by atoms with Crippen molar-refractivity contribution in [3.63, 3.8) is 0 Å². The van der Waals surface area contributed by atoms with Crippen LogP contribution in [0.4, 0.5) is 0 Å². The smallest absolute Gasteiger partial charge is 0.214 e. The molecule has 1 saturated carbocycles. The molecule has 2 fully saturated rings. The summed E-state index contributed by atoms with van der Waals surface area (Å²) in [5.41, 5.74) is 0. The summed E-state index contributed by atoms with van der Waals surface area (Å²) in [6.45, 7) is 11.5. The second kappa shape index (κ2) is 8.62. The number of sulfonamides is 1. The van der Waals surface area contributed by atoms with Gasteiger partial charge in [-0.05, 0) is 25.3 Å². The molecule has 0 amide bonds. The van der Waals surface area contributed by atoms with E-state index in [1.807, 2.05) is 0 Å². The van der Waals surface area contributed by atoms with Gasteiger partial charge in [0.1, 0.15) is 0 Å². The van der Waals surface area contributed by atoms with Crippen molar-refractivity contribution in [3.8, 4) is 0 Å². The Balaban J connectivity index is 1.69. The van der Waals surface area contributed by atoms with Gasteiger partial charge in [0.25, 0.3) is 0 Å². The molecule has 1 aliphatic carbocycles. The highest BCUT2D eigenvalue weighted by atomic mass is 32.2. The molecule has 2 aliphatic rings. The molecule has 6 heteroatoms. The standard InChI is InChI=1S/C16H33N3O2S/c1-3-18-9-11-19(12-10-18)14-15(2)13-17-22(20,21)16-7-5-4-6-8-16/h15-17H,3-14H2,1-2H3/t15-/m1/s1. The van der Waals surface area contributed by atoms with Crippen LogP contribution in [-0.4, -0.2) is 69.3 Å². The molecule has 1 heterocycles. The van der Waals surface area contributed by atoms with E-state index in [9.17, 15) is 8.42 Å². The van der Waals surface area contributed by atoms with Gasteiger partial charge in [0.2, 0.25) is 10.0 Å². The molecule has 1 saturated heterocycles. The minimum atomic E-state index is -3.11. The number of rotatable bonds is 7. The first-order valence-corrected chi connectivity index (χ1v) is 10.5. The largest absolute Gasteiger partial charge is 0.301 e. The van der Waals surface area contributed by atoms with Crippen molar-refractivity contribution in [1.29, 1.82) is 0 Å². The zero-order valence-electron chi connectivity index (χ0n) is 14.3. The second-order valence-corrected chi connectivity index (χ2v) is 9.04. The summed E-state index contributed by atoms with van der Waals surface area (Å²) >= 11 is 0. The maximum absolute atomic E-state index is 12.3. The quantitative estimate of drug-likeness (QED) is 0.768. The molecule has 0 spiro atoms. The molecule has 1 atom stereocenters. The van der Waals surface area contributed by atoms with Crippen LogP contribution < -0.4 is 4.72 Å². The first-order chi connectivity index (χ1) is 10.5. The molecule has 5 nitrogen and oxygen atoms in total. The average molecular weight is 332 g/mol. The van der Waals surface area contributed by atoms with Gasteiger partial charge in [0, 0.05) is 39.3 Å². The molecule has 0 aromatic heterocycles. The highest BCUT2D eigenvalue weighted by Gasteiger charge is 2.27. The van der Waals surface area contributed by atoms with Crippen molar-refractivity contribution in [1.82, 2.24) is 14.5 Å². The molecular weight excluding hydrogens is 298 g/mol. The predicted molar refractivity (Wildman–Crippen MR) is 91.5 cm³/mol. The lowest BCUT2D eigenvalue weighted by Crippen LogP contribution is -2.48. The molecule has 1 aliphatic heterocycles. The van der Waals surface area contributed by atoms with Crippen molar-refractivity contribution >= 4 is 10.0 Å². The lowest BCUT2D eigenvalue weighted by Gasteiger charge is -2.35. The Bertz CT molecular complexity index is 413. The van der Waals surface area contributed by atoms with Crippen LogP contribution in [0.25, 0.3) is 0 Å². The van der Waals surface area contributed by atoms with Crippen LogP contribution >= 0.6 is 0 Å². The van der Waals surface area contributed by atoms with E-state index in [2.05, 4.69) is 28.4 Å². The minimum absolute atomic E-state index is 0.151. The normalized spacial score (nSPS) is 24.5. The number of nitrogens with zero attached hydrogens (tertiary/aromatic N) is 2. The summed E-state index contributed by atoms with van der Waals surface area (Å²) < 4.78 is 27.5. The summed E-state index contributed by atoms with van der Waals surface area (Å²) in [7, 11) is -3.11. The molecule has 1 N–H and O–H groups in total. The third-order valence-electron chi connectivity index (χ3n) is 5.11. The van der Waals surface area contributed by atoms with E-state index >= 15 is 0 Å². The van der Waals surface area contributed by atoms with E-state index in [1.165, 1.54) is 6.42 Å². The molecule has 2 rings (SSSR count). The molecule has 0 aromatic carbocycles. The van der Waals surface area contributed by atoms with Gasteiger partial charge in [-0.25, -0.2) is 13.1 Å². The number of hydrogen-bond donors (Lipinski definition) is 1. The SMILES string of the molecule is CCN1CCN(C[C@H](C)CNS(=O)(=O)C2CCCCC2)CC1. The van der Waals surface area contributed by atoms with Gasteiger partial charge in [-0.3, -0.25) is 0 Å². The molecule has 0 radical (unpaired) electrons. The predicted octanol–water partition coefficient (Wildman–Crippen LogP) is 1.51. The van der Waals surface area contributed by atoms with Gasteiger partial charge < -0.3 is 9.80 Å². The molecule has 22 heavy (non-hydrogen) atoms. The highest BCUT2D eigenvalue weighted by Crippen LogP contribution is 2.23. The van der Waals surface area contributed by atoms with Gasteiger partial charge in [-0.15, -0.1) is 0 Å². The van der Waals surface area contributed by atoms with Crippen LogP contribution in [0.1, 0.15) is 46.0 Å². The third kappa shape index (κ3) is 5.48. The third-order valence-corrected chi connectivity index (χ3v) is 7.02. The Morgan fingerprint density at radius 3 is 2.23 bits per heavy atom. The molecule has 130 valence electrons. The van der Waals surface area contributed by atoms with Crippen molar-refractivity contribution < 1.29 is 8.42 Å². The number of nitrogens with one attached hydrogen (secondary N) is 1. The van der Waals surface area contributed by atoms with Crippen LogP contribution in [0, 0.1) is 5.92 Å². The van der Waals surface area contributed by atoms with E-state index in [0.29, 0.717) is 12.5 Å². The average Bonchev–Trinajstić information content (AvgIpc) is 2.55. The maximum atomic E-state index is 12.3. The topological polar surface area (TPSA) is 52.6 Å². The molecule has 0 unspecified atom stereocenters. The first-order valence-electron chi connectivity index (χ1n) is 8.94. The van der Waals surface area contributed by atoms with Gasteiger partial charge in [-0.1, -0.05) is 33.1 Å². The zero-order chi connectivity index (χ0) is 16.0. The Morgan fingerprint density at radius 1 is 1.05 bits per heavy atom. The summed E-state index contributed by atoms with van der Waals surface area (Å²) in [5, 5.41) is -0.151. The second-order valence-electron chi connectivity index (χ2n) is 6.99. The minimum Gasteiger partial charge on any atom is -0.301 e. The summed E-state index contributed by atoms with van der Waals surface area (Å²) in [6, 6.07) is 0. The molecular formula is C16H33N3O2S. The van der Waals surface area contributed by atoms with E-state index in [-0.39, 0.29) is 5.25 Å². The Hall–Kier alpha value is -0.170. The van der Waals surface area contributed by atoms with Crippen molar-refractivity contribution in [2.75, 3.05) is 45.8 Å². The number of likely N-dealkylation sites (N-methyl/N-ethyl adjacent to an activating group) is 1. The summed E-state index contributed by atoms with van der Waals surface area (Å²) in [6.07, 6.45) is 4.98. The van der Waals surface area contributed by atoms with Crippen LogP contribution in [0.3, 0.4) is 0 Å². The van der Waals surface area contributed by atoms with Crippen LogP contribution in [0.5, 0.6) is 0 Å². The summed E-state index contributed by atoms with van der Waals surface area (Å²) in [5.74, 6) is 0.367. The van der Waals surface area contributed by atoms with Crippen molar-refractivity contribution in [3.05, 3.63) is 0 Å². The molecule has 0 aromatic rings. The van der Waals surface area contributed by atoms with Crippen LogP contribution in [-0.2, 0) is 10.0 Å². The maximum Gasteiger partial charge on any atom is 0.214 e. The fourth-order valence-corrected chi connectivity index (χ4v) is 5.25. The Kier molecular flexibility index (Phi) is 7.12. The van der Waals surface area contributed by atoms with Gasteiger partial charge >= 0.3 is 0 Å². The lowest BCUT2D eigenvalue weighted by atomic mass is 10.0. The van der Waals surface area contributed by atoms with Crippen molar-refractivity contribution in [2.45, 2.75) is 51.2 Å².